The Morgan fingerprint density at radius 3 is 2.67 bits per heavy atom. The lowest BCUT2D eigenvalue weighted by Crippen LogP contribution is -2.26. The Bertz CT molecular complexity index is 901. The van der Waals surface area contributed by atoms with Gasteiger partial charge < -0.3 is 29.7 Å². The number of aromatic nitrogens is 1. The van der Waals surface area contributed by atoms with Gasteiger partial charge in [-0.05, 0) is 31.4 Å². The quantitative estimate of drug-likeness (QED) is 0.738. The summed E-state index contributed by atoms with van der Waals surface area (Å²) in [5.41, 5.74) is 1.48. The van der Waals surface area contributed by atoms with Gasteiger partial charge in [-0.3, -0.25) is 4.79 Å². The van der Waals surface area contributed by atoms with Crippen molar-refractivity contribution < 1.29 is 24.3 Å². The topological polar surface area (TPSA) is 108 Å². The van der Waals surface area contributed by atoms with E-state index < -0.39 is 0 Å². The van der Waals surface area contributed by atoms with Gasteiger partial charge in [-0.25, -0.2) is 0 Å². The first-order valence-corrected chi connectivity index (χ1v) is 8.75. The summed E-state index contributed by atoms with van der Waals surface area (Å²) in [5, 5.41) is 27.1. The van der Waals surface area contributed by atoms with Crippen LogP contribution in [0.1, 0.15) is 49.7 Å². The molecule has 3 rings (SSSR count). The first-order chi connectivity index (χ1) is 12.8. The molecule has 1 amide bonds. The maximum Gasteiger partial charge on any atom is 0.275 e. The second-order valence-corrected chi connectivity index (χ2v) is 6.63. The van der Waals surface area contributed by atoms with Gasteiger partial charge in [-0.2, -0.15) is 0 Å². The predicted octanol–water partition coefficient (Wildman–Crippen LogP) is 3.28. The normalized spacial score (nSPS) is 13.7. The fourth-order valence-corrected chi connectivity index (χ4v) is 2.95. The molecule has 8 nitrogen and oxygen atoms in total. The fraction of sp³-hybridized carbons (Fsp3) is 0.368. The van der Waals surface area contributed by atoms with Gasteiger partial charge in [0.2, 0.25) is 0 Å². The molecule has 0 saturated heterocycles. The van der Waals surface area contributed by atoms with Crippen molar-refractivity contribution in [3.63, 3.8) is 0 Å². The molecule has 144 valence electrons. The minimum Gasteiger partial charge on any atom is -0.508 e. The minimum absolute atomic E-state index is 0.00323. The molecule has 0 bridgehead atoms. The molecule has 2 heterocycles. The molecule has 1 aromatic carbocycles. The van der Waals surface area contributed by atoms with Crippen molar-refractivity contribution in [2.75, 3.05) is 18.2 Å². The molecule has 8 heteroatoms. The van der Waals surface area contributed by atoms with E-state index in [4.69, 9.17) is 9.26 Å². The van der Waals surface area contributed by atoms with E-state index in [1.165, 1.54) is 6.07 Å². The first kappa shape index (κ1) is 18.6. The number of phenolic OH excluding ortho intramolecular Hbond substituents is 2. The second kappa shape index (κ2) is 7.22. The van der Waals surface area contributed by atoms with Crippen LogP contribution in [0.4, 0.5) is 5.69 Å². The van der Waals surface area contributed by atoms with Crippen molar-refractivity contribution in [3.8, 4) is 22.8 Å². The molecule has 0 fully saturated rings. The van der Waals surface area contributed by atoms with Crippen molar-refractivity contribution in [2.24, 2.45) is 0 Å². The lowest BCUT2D eigenvalue weighted by atomic mass is 9.97. The molecule has 0 atom stereocenters. The van der Waals surface area contributed by atoms with Crippen LogP contribution < -0.4 is 10.2 Å². The minimum atomic E-state index is -0.386. The Morgan fingerprint density at radius 2 is 2.07 bits per heavy atom. The standard InChI is InChI=1S/C19H23N3O5/c1-5-20-19(25)16-17(22-8-11(4)26-9-22)18(27-21-16)13-6-12(10(2)3)14(23)7-15(13)24/h6-8,10,23-24H,5,9H2,1-4H3,(H,20,25). The third-order valence-corrected chi connectivity index (χ3v) is 4.29. The van der Waals surface area contributed by atoms with Crippen molar-refractivity contribution in [3.05, 3.63) is 35.3 Å². The zero-order valence-corrected chi connectivity index (χ0v) is 15.7. The molecule has 0 saturated carbocycles. The molecule has 2 aromatic rings. The van der Waals surface area contributed by atoms with Crippen LogP contribution in [0.2, 0.25) is 0 Å². The van der Waals surface area contributed by atoms with Crippen LogP contribution in [0.25, 0.3) is 11.3 Å². The fourth-order valence-electron chi connectivity index (χ4n) is 2.95. The van der Waals surface area contributed by atoms with E-state index in [-0.39, 0.29) is 41.5 Å². The van der Waals surface area contributed by atoms with E-state index in [1.807, 2.05) is 20.8 Å². The summed E-state index contributed by atoms with van der Waals surface area (Å²) in [6.07, 6.45) is 1.74. The lowest BCUT2D eigenvalue weighted by Gasteiger charge is -2.16. The zero-order valence-electron chi connectivity index (χ0n) is 15.7. The Labute approximate surface area is 157 Å². The number of hydrogen-bond donors (Lipinski definition) is 3. The van der Waals surface area contributed by atoms with Crippen molar-refractivity contribution >= 4 is 11.6 Å². The maximum atomic E-state index is 12.4. The number of nitrogens with zero attached hydrogens (tertiary/aromatic N) is 2. The average Bonchev–Trinajstić information content (AvgIpc) is 3.20. The van der Waals surface area contributed by atoms with Crippen LogP contribution in [-0.2, 0) is 4.74 Å². The number of benzene rings is 1. The number of phenols is 2. The third-order valence-electron chi connectivity index (χ3n) is 4.29. The van der Waals surface area contributed by atoms with E-state index in [0.717, 1.165) is 0 Å². The summed E-state index contributed by atoms with van der Waals surface area (Å²) < 4.78 is 10.9. The summed E-state index contributed by atoms with van der Waals surface area (Å²) >= 11 is 0. The first-order valence-electron chi connectivity index (χ1n) is 8.75. The number of anilines is 1. The highest BCUT2D eigenvalue weighted by atomic mass is 16.5. The largest absolute Gasteiger partial charge is 0.508 e. The predicted molar refractivity (Wildman–Crippen MR) is 99.6 cm³/mol. The Hall–Kier alpha value is -3.16. The molecule has 0 spiro atoms. The van der Waals surface area contributed by atoms with Crippen molar-refractivity contribution in [1.29, 1.82) is 0 Å². The number of hydrogen-bond acceptors (Lipinski definition) is 7. The van der Waals surface area contributed by atoms with E-state index in [1.54, 1.807) is 24.1 Å². The summed E-state index contributed by atoms with van der Waals surface area (Å²) in [5.74, 6) is 0.375. The Kier molecular flexibility index (Phi) is 4.98. The molecule has 0 unspecified atom stereocenters. The highest BCUT2D eigenvalue weighted by Gasteiger charge is 2.30. The number of amides is 1. The molecule has 1 aliphatic heterocycles. The molecule has 0 aliphatic carbocycles. The van der Waals surface area contributed by atoms with E-state index in [0.29, 0.717) is 29.1 Å². The number of ether oxygens (including phenoxy) is 1. The smallest absolute Gasteiger partial charge is 0.275 e. The second-order valence-electron chi connectivity index (χ2n) is 6.63. The van der Waals surface area contributed by atoms with Gasteiger partial charge in [0.15, 0.2) is 18.2 Å². The van der Waals surface area contributed by atoms with Gasteiger partial charge in [0.1, 0.15) is 22.9 Å². The van der Waals surface area contributed by atoms with Crippen LogP contribution >= 0.6 is 0 Å². The number of carbonyl (C=O) groups excluding carboxylic acids is 1. The summed E-state index contributed by atoms with van der Waals surface area (Å²) in [4.78, 5) is 14.1. The maximum absolute atomic E-state index is 12.4. The molecule has 27 heavy (non-hydrogen) atoms. The molecular formula is C19H23N3O5. The Balaban J connectivity index is 2.19. The van der Waals surface area contributed by atoms with Gasteiger partial charge in [-0.1, -0.05) is 19.0 Å². The molecule has 0 radical (unpaired) electrons. The van der Waals surface area contributed by atoms with Crippen LogP contribution in [0, 0.1) is 0 Å². The van der Waals surface area contributed by atoms with E-state index in [2.05, 4.69) is 10.5 Å². The molecule has 1 aromatic heterocycles. The van der Waals surface area contributed by atoms with Crippen LogP contribution in [0.15, 0.2) is 28.6 Å². The van der Waals surface area contributed by atoms with Gasteiger partial charge in [0.05, 0.1) is 5.56 Å². The number of rotatable bonds is 5. The van der Waals surface area contributed by atoms with Gasteiger partial charge in [-0.15, -0.1) is 0 Å². The zero-order chi connectivity index (χ0) is 19.7. The van der Waals surface area contributed by atoms with Crippen molar-refractivity contribution in [1.82, 2.24) is 10.5 Å². The Morgan fingerprint density at radius 1 is 1.33 bits per heavy atom. The SMILES string of the molecule is CCNC(=O)c1noc(-c2cc(C(C)C)c(O)cc2O)c1N1C=C(C)OC1. The highest BCUT2D eigenvalue weighted by molar-refractivity contribution is 6.01. The highest BCUT2D eigenvalue weighted by Crippen LogP contribution is 2.43. The molecule has 1 aliphatic rings. The molecule has 3 N–H and O–H groups in total. The van der Waals surface area contributed by atoms with Gasteiger partial charge in [0, 0.05) is 18.8 Å². The lowest BCUT2D eigenvalue weighted by molar-refractivity contribution is 0.0947. The summed E-state index contributed by atoms with van der Waals surface area (Å²) in [6.45, 7) is 8.10. The monoisotopic (exact) mass is 373 g/mol. The van der Waals surface area contributed by atoms with E-state index >= 15 is 0 Å². The summed E-state index contributed by atoms with van der Waals surface area (Å²) in [6, 6.07) is 2.92. The molecular weight excluding hydrogens is 350 g/mol. The number of aromatic hydroxyl groups is 2. The van der Waals surface area contributed by atoms with Crippen molar-refractivity contribution in [2.45, 2.75) is 33.6 Å². The average molecular weight is 373 g/mol. The van der Waals surface area contributed by atoms with Crippen LogP contribution in [0.3, 0.4) is 0 Å². The van der Waals surface area contributed by atoms with Gasteiger partial charge in [0.25, 0.3) is 5.91 Å². The van der Waals surface area contributed by atoms with E-state index in [9.17, 15) is 15.0 Å². The number of carbonyl (C=O) groups is 1. The van der Waals surface area contributed by atoms with Gasteiger partial charge >= 0.3 is 0 Å². The van der Waals surface area contributed by atoms with Crippen LogP contribution in [0.5, 0.6) is 11.5 Å². The number of nitrogens with one attached hydrogen (secondary N) is 1. The summed E-state index contributed by atoms with van der Waals surface area (Å²) in [7, 11) is 0. The third kappa shape index (κ3) is 3.42. The van der Waals surface area contributed by atoms with Crippen LogP contribution in [-0.4, -0.2) is 34.6 Å². The number of allylic oxidation sites excluding steroid dienone is 1.